The third-order valence-corrected chi connectivity index (χ3v) is 4.28. The molecule has 1 saturated carbocycles. The predicted octanol–water partition coefficient (Wildman–Crippen LogP) is 3.13. The summed E-state index contributed by atoms with van der Waals surface area (Å²) in [6, 6.07) is 9.51. The molecule has 0 spiro atoms. The number of carbonyl (C=O) groups is 1. The Morgan fingerprint density at radius 2 is 2.14 bits per heavy atom. The second-order valence-corrected chi connectivity index (χ2v) is 6.69. The monoisotopic (exact) mass is 283 g/mol. The zero-order valence-corrected chi connectivity index (χ0v) is 12.5. The van der Waals surface area contributed by atoms with Crippen molar-refractivity contribution < 1.29 is 4.79 Å². The summed E-state index contributed by atoms with van der Waals surface area (Å²) in [5, 5.41) is 4.00. The number of fused-ring (bicyclic) bond motifs is 1. The highest BCUT2D eigenvalue weighted by atomic mass is 16.1. The lowest BCUT2D eigenvalue weighted by Crippen LogP contribution is -2.33. The summed E-state index contributed by atoms with van der Waals surface area (Å²) >= 11 is 0. The van der Waals surface area contributed by atoms with E-state index in [0.29, 0.717) is 16.8 Å². The molecule has 0 radical (unpaired) electrons. The Kier molecular flexibility index (Phi) is 3.32. The lowest BCUT2D eigenvalue weighted by atomic mass is 9.92. The Morgan fingerprint density at radius 1 is 1.38 bits per heavy atom. The van der Waals surface area contributed by atoms with Crippen molar-refractivity contribution in [2.45, 2.75) is 39.2 Å². The first-order valence-corrected chi connectivity index (χ1v) is 7.41. The van der Waals surface area contributed by atoms with Crippen LogP contribution in [0.1, 0.15) is 43.5 Å². The fourth-order valence-corrected chi connectivity index (χ4v) is 3.21. The van der Waals surface area contributed by atoms with E-state index >= 15 is 0 Å². The summed E-state index contributed by atoms with van der Waals surface area (Å²) in [4.78, 5) is 16.9. The minimum atomic E-state index is -0.0528. The molecule has 1 amide bonds. The molecule has 1 aromatic heterocycles. The number of nitrogens with zero attached hydrogens (tertiary/aromatic N) is 1. The third-order valence-electron chi connectivity index (χ3n) is 4.28. The smallest absolute Gasteiger partial charge is 0.252 e. The number of aromatic nitrogens is 1. The van der Waals surface area contributed by atoms with E-state index in [0.717, 1.165) is 30.2 Å². The normalized spacial score (nSPS) is 20.6. The first-order valence-electron chi connectivity index (χ1n) is 7.41. The van der Waals surface area contributed by atoms with Gasteiger partial charge in [0, 0.05) is 11.4 Å². The number of carbonyl (C=O) groups excluding carboxylic acids is 1. The molecular formula is C17H21N3O. The molecular weight excluding hydrogens is 262 g/mol. The van der Waals surface area contributed by atoms with Gasteiger partial charge >= 0.3 is 0 Å². The first kappa shape index (κ1) is 13.9. The first-order chi connectivity index (χ1) is 9.94. The van der Waals surface area contributed by atoms with E-state index in [4.69, 9.17) is 5.73 Å². The highest BCUT2D eigenvalue weighted by Crippen LogP contribution is 2.37. The van der Waals surface area contributed by atoms with Gasteiger partial charge in [0.05, 0.1) is 11.1 Å². The summed E-state index contributed by atoms with van der Waals surface area (Å²) < 4.78 is 0. The summed E-state index contributed by atoms with van der Waals surface area (Å²) in [5.41, 5.74) is 7.51. The quantitative estimate of drug-likeness (QED) is 0.889. The van der Waals surface area contributed by atoms with Crippen LogP contribution in [0.25, 0.3) is 10.9 Å². The Hall–Kier alpha value is -2.10. The van der Waals surface area contributed by atoms with Crippen LogP contribution in [0.15, 0.2) is 30.3 Å². The van der Waals surface area contributed by atoms with Crippen molar-refractivity contribution in [2.75, 3.05) is 5.73 Å². The second-order valence-electron chi connectivity index (χ2n) is 6.69. The molecule has 1 aliphatic carbocycles. The molecule has 4 nitrogen and oxygen atoms in total. The van der Waals surface area contributed by atoms with E-state index in [1.165, 1.54) is 0 Å². The van der Waals surface area contributed by atoms with Gasteiger partial charge in [0.25, 0.3) is 5.91 Å². The zero-order chi connectivity index (χ0) is 15.0. The Morgan fingerprint density at radius 3 is 2.86 bits per heavy atom. The molecule has 1 aromatic carbocycles. The van der Waals surface area contributed by atoms with Gasteiger partial charge in [-0.25, -0.2) is 4.98 Å². The average Bonchev–Trinajstić information content (AvgIpc) is 2.76. The molecule has 4 heteroatoms. The summed E-state index contributed by atoms with van der Waals surface area (Å²) in [7, 11) is 0. The van der Waals surface area contributed by atoms with Crippen molar-refractivity contribution in [1.82, 2.24) is 10.3 Å². The number of nitrogens with two attached hydrogens (primary N) is 1. The Bertz CT molecular complexity index is 693. The van der Waals surface area contributed by atoms with Gasteiger partial charge in [-0.3, -0.25) is 4.79 Å². The Labute approximate surface area is 124 Å². The zero-order valence-electron chi connectivity index (χ0n) is 12.5. The lowest BCUT2D eigenvalue weighted by Gasteiger charge is -2.18. The van der Waals surface area contributed by atoms with Gasteiger partial charge in [0.1, 0.15) is 5.82 Å². The second kappa shape index (κ2) is 5.02. The number of amides is 1. The number of nitrogen functional groups attached to an aromatic ring is 1. The van der Waals surface area contributed by atoms with Crippen molar-refractivity contribution in [2.24, 2.45) is 5.41 Å². The molecule has 110 valence electrons. The van der Waals surface area contributed by atoms with Crippen molar-refractivity contribution in [3.63, 3.8) is 0 Å². The lowest BCUT2D eigenvalue weighted by molar-refractivity contribution is 0.0937. The molecule has 2 aromatic rings. The third kappa shape index (κ3) is 2.84. The van der Waals surface area contributed by atoms with Crippen molar-refractivity contribution >= 4 is 22.6 Å². The van der Waals surface area contributed by atoms with E-state index in [2.05, 4.69) is 24.1 Å². The number of rotatable bonds is 2. The number of hydrogen-bond acceptors (Lipinski definition) is 3. The molecule has 1 unspecified atom stereocenters. The maximum Gasteiger partial charge on any atom is 0.252 e. The van der Waals surface area contributed by atoms with Crippen LogP contribution in [0.2, 0.25) is 0 Å². The standard InChI is InChI=1S/C17H21N3O/c1-17(2)8-7-11(10-17)19-16(21)13-9-15(18)20-14-6-4-3-5-12(13)14/h3-6,9,11H,7-8,10H2,1-2H3,(H2,18,20)(H,19,21). The minimum Gasteiger partial charge on any atom is -0.384 e. The molecule has 1 fully saturated rings. The van der Waals surface area contributed by atoms with Crippen LogP contribution in [0.3, 0.4) is 0 Å². The van der Waals surface area contributed by atoms with E-state index < -0.39 is 0 Å². The average molecular weight is 283 g/mol. The minimum absolute atomic E-state index is 0.0528. The molecule has 3 N–H and O–H groups in total. The molecule has 21 heavy (non-hydrogen) atoms. The van der Waals surface area contributed by atoms with Crippen molar-refractivity contribution in [3.05, 3.63) is 35.9 Å². The molecule has 0 bridgehead atoms. The number of hydrogen-bond donors (Lipinski definition) is 2. The highest BCUT2D eigenvalue weighted by molar-refractivity contribution is 6.07. The van der Waals surface area contributed by atoms with Crippen LogP contribution in [0, 0.1) is 5.41 Å². The van der Waals surface area contributed by atoms with Crippen LogP contribution < -0.4 is 11.1 Å². The number of anilines is 1. The molecule has 1 aliphatic rings. The van der Waals surface area contributed by atoms with Crippen LogP contribution >= 0.6 is 0 Å². The topological polar surface area (TPSA) is 68.0 Å². The SMILES string of the molecule is CC1(C)CCC(NC(=O)c2cc(N)nc3ccccc23)C1. The highest BCUT2D eigenvalue weighted by Gasteiger charge is 2.32. The maximum atomic E-state index is 12.6. The van der Waals surface area contributed by atoms with Crippen LogP contribution in [0.5, 0.6) is 0 Å². The molecule has 1 heterocycles. The molecule has 3 rings (SSSR count). The number of benzene rings is 1. The predicted molar refractivity (Wildman–Crippen MR) is 85.0 cm³/mol. The summed E-state index contributed by atoms with van der Waals surface area (Å²) in [5.74, 6) is 0.327. The van der Waals surface area contributed by atoms with Gasteiger partial charge in [0.15, 0.2) is 0 Å². The number of nitrogens with one attached hydrogen (secondary N) is 1. The van der Waals surface area contributed by atoms with Crippen LogP contribution in [-0.2, 0) is 0 Å². The fourth-order valence-electron chi connectivity index (χ4n) is 3.21. The van der Waals surface area contributed by atoms with Gasteiger partial charge in [-0.15, -0.1) is 0 Å². The van der Waals surface area contributed by atoms with Gasteiger partial charge < -0.3 is 11.1 Å². The molecule has 0 saturated heterocycles. The molecule has 1 atom stereocenters. The Balaban J connectivity index is 1.88. The van der Waals surface area contributed by atoms with E-state index in [-0.39, 0.29) is 11.9 Å². The van der Waals surface area contributed by atoms with Crippen LogP contribution in [0.4, 0.5) is 5.82 Å². The molecule has 0 aliphatic heterocycles. The van der Waals surface area contributed by atoms with E-state index in [1.807, 2.05) is 24.3 Å². The maximum absolute atomic E-state index is 12.6. The summed E-state index contributed by atoms with van der Waals surface area (Å²) in [6.45, 7) is 4.50. The van der Waals surface area contributed by atoms with Gasteiger partial charge in [0.2, 0.25) is 0 Å². The van der Waals surface area contributed by atoms with E-state index in [9.17, 15) is 4.79 Å². The summed E-state index contributed by atoms with van der Waals surface area (Å²) in [6.07, 6.45) is 3.21. The van der Waals surface area contributed by atoms with Gasteiger partial charge in [-0.05, 0) is 36.8 Å². The number of para-hydroxylation sites is 1. The van der Waals surface area contributed by atoms with Crippen molar-refractivity contribution in [3.8, 4) is 0 Å². The van der Waals surface area contributed by atoms with Crippen molar-refractivity contribution in [1.29, 1.82) is 0 Å². The largest absolute Gasteiger partial charge is 0.384 e. The van der Waals surface area contributed by atoms with Crippen LogP contribution in [-0.4, -0.2) is 16.9 Å². The number of pyridine rings is 1. The van der Waals surface area contributed by atoms with Gasteiger partial charge in [-0.2, -0.15) is 0 Å². The fraction of sp³-hybridized carbons (Fsp3) is 0.412. The van der Waals surface area contributed by atoms with Gasteiger partial charge in [-0.1, -0.05) is 32.0 Å². The van der Waals surface area contributed by atoms with E-state index in [1.54, 1.807) is 6.07 Å².